The third kappa shape index (κ3) is 8.94. The second kappa shape index (κ2) is 23.8. The summed E-state index contributed by atoms with van der Waals surface area (Å²) in [5.41, 5.74) is 16.5. The Balaban J connectivity index is 0.000000125. The summed E-state index contributed by atoms with van der Waals surface area (Å²) in [7, 11) is 0. The molecule has 15 heteroatoms. The number of rotatable bonds is 4. The van der Waals surface area contributed by atoms with Gasteiger partial charge in [-0.2, -0.15) is 0 Å². The van der Waals surface area contributed by atoms with Gasteiger partial charge in [0, 0.05) is 125 Å². The average Bonchev–Trinajstić information content (AvgIpc) is 1.59. The minimum atomic E-state index is 0. The Bertz CT molecular complexity index is 8200. The van der Waals surface area contributed by atoms with E-state index in [-0.39, 0.29) is 21.1 Å². The maximum atomic E-state index is 6.82. The van der Waals surface area contributed by atoms with Crippen molar-refractivity contribution in [3.05, 3.63) is 315 Å². The van der Waals surface area contributed by atoms with Gasteiger partial charge < -0.3 is 18.3 Å². The van der Waals surface area contributed by atoms with Gasteiger partial charge in [0.2, 0.25) is 0 Å². The number of benzene rings is 16. The van der Waals surface area contributed by atoms with E-state index in [2.05, 4.69) is 321 Å². The molecule has 536 valence electrons. The molecule has 0 bridgehead atoms. The molecule has 10 nitrogen and oxygen atoms in total. The SMILES string of the molecule is [Pt+2].[c-]1c(Oc2[c-]c3c(cc2)c2ccc4sc5ccccc5c4c2n2c4ccccc4nc32)ccc2c1c1nc3ccccc3n1c1c2ccc2sc3ccccc3c21.c1ccc2c(c1)nc1c3cc(Oc4ccc5c(c4)c4nc6ccccc6n4c4c5ccc5sc6ccccc6c54)ccc3c3ccc4sc5ccccc5c4c3n21. The van der Waals surface area contributed by atoms with E-state index in [0.29, 0.717) is 11.5 Å². The molecule has 16 aromatic carbocycles. The first-order chi connectivity index (χ1) is 56.5. The standard InChI is InChI=1S/C50H26N4OS2.C50H24N4OS2.Pt/c2*1-7-15-41-33(9-1)45-43(56-41)23-21-31-29-19-17-27(25-35(29)49-51-37-11-3-5-13-39(37)53(49)47(31)45)55-28-18-20-30-32-22-24-44-46(34-10-2-8-16-42(34)57-44)48(32)54-40-14-6-4-12-38(40)52-50(54)36(30)26-28;/h1-26H;1-24H;/q;-2;+2. The van der Waals surface area contributed by atoms with Crippen LogP contribution in [0.4, 0.5) is 0 Å². The van der Waals surface area contributed by atoms with E-state index in [0.717, 1.165) is 132 Å². The van der Waals surface area contributed by atoms with Gasteiger partial charge in [-0.05, 0) is 155 Å². The fourth-order valence-corrected chi connectivity index (χ4v) is 23.3. The summed E-state index contributed by atoms with van der Waals surface area (Å²) in [6.07, 6.45) is 0. The summed E-state index contributed by atoms with van der Waals surface area (Å²) in [4.78, 5) is 21.0. The Morgan fingerprint density at radius 1 is 0.226 bits per heavy atom. The minimum Gasteiger partial charge on any atom is -0.497 e. The molecule has 0 aliphatic carbocycles. The fraction of sp³-hybridized carbons (Fsp3) is 0. The summed E-state index contributed by atoms with van der Waals surface area (Å²) in [6, 6.07) is 115. The molecule has 0 aliphatic rings. The molecular formula is C100H50N8O2PtS4. The van der Waals surface area contributed by atoms with Crippen LogP contribution in [0.15, 0.2) is 303 Å². The van der Waals surface area contributed by atoms with Crippen LogP contribution >= 0.6 is 45.3 Å². The largest absolute Gasteiger partial charge is 2.00 e. The number of thiophene rings is 4. The van der Waals surface area contributed by atoms with E-state index in [1.54, 1.807) is 0 Å². The first-order valence-electron chi connectivity index (χ1n) is 38.0. The number of hydrogen-bond acceptors (Lipinski definition) is 10. The molecule has 0 saturated heterocycles. The Kier molecular flexibility index (Phi) is 13.3. The number of para-hydroxylation sites is 8. The summed E-state index contributed by atoms with van der Waals surface area (Å²) >= 11 is 7.36. The molecule has 0 aliphatic heterocycles. The molecule has 28 aromatic rings. The molecule has 0 unspecified atom stereocenters. The van der Waals surface area contributed by atoms with Crippen LogP contribution in [0.25, 0.3) is 234 Å². The fourth-order valence-electron chi connectivity index (χ4n) is 18.8. The molecule has 28 rings (SSSR count). The number of pyridine rings is 4. The monoisotopic (exact) mass is 1720 g/mol. The van der Waals surface area contributed by atoms with Gasteiger partial charge in [0.1, 0.15) is 22.8 Å². The van der Waals surface area contributed by atoms with E-state index in [1.165, 1.54) is 114 Å². The van der Waals surface area contributed by atoms with Crippen LogP contribution in [0.1, 0.15) is 0 Å². The van der Waals surface area contributed by atoms with Crippen molar-refractivity contribution in [3.8, 4) is 23.0 Å². The Morgan fingerprint density at radius 2 is 0.504 bits per heavy atom. The van der Waals surface area contributed by atoms with Crippen LogP contribution in [0.2, 0.25) is 0 Å². The molecule has 0 saturated carbocycles. The zero-order valence-corrected chi connectivity index (χ0v) is 65.7. The quantitative estimate of drug-likeness (QED) is 0.129. The van der Waals surface area contributed by atoms with Crippen molar-refractivity contribution in [3.63, 3.8) is 0 Å². The summed E-state index contributed by atoms with van der Waals surface area (Å²) < 4.78 is 33.1. The van der Waals surface area contributed by atoms with Gasteiger partial charge in [-0.1, -0.05) is 191 Å². The van der Waals surface area contributed by atoms with Gasteiger partial charge in [0.25, 0.3) is 0 Å². The Labute approximate surface area is 680 Å². The summed E-state index contributed by atoms with van der Waals surface area (Å²) in [6.45, 7) is 0. The summed E-state index contributed by atoms with van der Waals surface area (Å²) in [5, 5.41) is 23.3. The number of aromatic nitrogens is 8. The van der Waals surface area contributed by atoms with Gasteiger partial charge >= 0.3 is 21.1 Å². The zero-order chi connectivity index (χ0) is 73.9. The first kappa shape index (κ1) is 64.1. The first-order valence-corrected chi connectivity index (χ1v) is 41.2. The number of ether oxygens (including phenoxy) is 2. The third-order valence-corrected chi connectivity index (χ3v) is 28.1. The van der Waals surface area contributed by atoms with Crippen LogP contribution in [0.5, 0.6) is 23.0 Å². The van der Waals surface area contributed by atoms with Crippen molar-refractivity contribution < 1.29 is 30.5 Å². The number of hydrogen-bond donors (Lipinski definition) is 0. The smallest absolute Gasteiger partial charge is 0.497 e. The van der Waals surface area contributed by atoms with Crippen molar-refractivity contribution in [2.24, 2.45) is 0 Å². The predicted molar refractivity (Wildman–Crippen MR) is 480 cm³/mol. The molecule has 0 N–H and O–H groups in total. The van der Waals surface area contributed by atoms with E-state index >= 15 is 0 Å². The molecule has 0 atom stereocenters. The van der Waals surface area contributed by atoms with Crippen molar-refractivity contribution in [1.82, 2.24) is 37.5 Å². The van der Waals surface area contributed by atoms with E-state index in [4.69, 9.17) is 29.4 Å². The second-order valence-corrected chi connectivity index (χ2v) is 33.9. The topological polar surface area (TPSA) is 87.7 Å². The Morgan fingerprint density at radius 3 is 0.852 bits per heavy atom. The second-order valence-electron chi connectivity index (χ2n) is 29.6. The van der Waals surface area contributed by atoms with E-state index in [9.17, 15) is 0 Å². The maximum Gasteiger partial charge on any atom is 2.00 e. The predicted octanol–water partition coefficient (Wildman–Crippen LogP) is 28.5. The summed E-state index contributed by atoms with van der Waals surface area (Å²) in [5.74, 6) is 2.72. The van der Waals surface area contributed by atoms with Gasteiger partial charge in [0.05, 0.1) is 66.5 Å². The van der Waals surface area contributed by atoms with Gasteiger partial charge in [-0.15, -0.1) is 57.5 Å². The third-order valence-electron chi connectivity index (χ3n) is 23.6. The molecule has 0 fully saturated rings. The molecule has 12 aromatic heterocycles. The van der Waals surface area contributed by atoms with Crippen LogP contribution in [-0.4, -0.2) is 37.5 Å². The Hall–Kier alpha value is -13.4. The van der Waals surface area contributed by atoms with Gasteiger partial charge in [0.15, 0.2) is 0 Å². The number of fused-ring (bicyclic) bond motifs is 48. The van der Waals surface area contributed by atoms with Gasteiger partial charge in [-0.3, -0.25) is 18.8 Å². The minimum absolute atomic E-state index is 0. The van der Waals surface area contributed by atoms with Crippen molar-refractivity contribution in [2.45, 2.75) is 0 Å². The van der Waals surface area contributed by atoms with Crippen LogP contribution in [0.3, 0.4) is 0 Å². The van der Waals surface area contributed by atoms with Crippen molar-refractivity contribution in [2.75, 3.05) is 0 Å². The molecule has 12 heterocycles. The number of imidazole rings is 4. The molecular weight excluding hydrogens is 1670 g/mol. The zero-order valence-electron chi connectivity index (χ0n) is 60.2. The molecule has 0 radical (unpaired) electrons. The van der Waals surface area contributed by atoms with Crippen LogP contribution in [0, 0.1) is 12.1 Å². The number of nitrogens with zero attached hydrogens (tertiary/aromatic N) is 8. The van der Waals surface area contributed by atoms with Crippen molar-refractivity contribution in [1.29, 1.82) is 0 Å². The van der Waals surface area contributed by atoms with E-state index < -0.39 is 0 Å². The molecule has 115 heavy (non-hydrogen) atoms. The maximum absolute atomic E-state index is 6.82. The van der Waals surface area contributed by atoms with Crippen LogP contribution in [-0.2, 0) is 21.1 Å². The van der Waals surface area contributed by atoms with Crippen molar-refractivity contribution >= 4 is 279 Å². The normalized spacial score (nSPS) is 12.5. The molecule has 0 amide bonds. The van der Waals surface area contributed by atoms with Crippen LogP contribution < -0.4 is 9.47 Å². The van der Waals surface area contributed by atoms with E-state index in [1.807, 2.05) is 57.5 Å². The average molecular weight is 1720 g/mol. The van der Waals surface area contributed by atoms with Gasteiger partial charge in [-0.25, -0.2) is 9.97 Å². The molecule has 0 spiro atoms.